The minimum atomic E-state index is -0.169. The first-order chi connectivity index (χ1) is 8.50. The van der Waals surface area contributed by atoms with Gasteiger partial charge in [-0.3, -0.25) is 9.36 Å². The summed E-state index contributed by atoms with van der Waals surface area (Å²) in [7, 11) is 0. The third-order valence-corrected chi connectivity index (χ3v) is 4.14. The molecule has 2 aromatic rings. The summed E-state index contributed by atoms with van der Waals surface area (Å²) >= 11 is 8.93. The number of benzene rings is 1. The first kappa shape index (κ1) is 13.3. The van der Waals surface area contributed by atoms with E-state index >= 15 is 0 Å². The maximum Gasteiger partial charge on any atom is 0.269 e. The fourth-order valence-corrected chi connectivity index (χ4v) is 2.28. The number of hydrogen-bond donors (Lipinski definition) is 0. The van der Waals surface area contributed by atoms with E-state index in [1.165, 1.54) is 6.33 Å². The predicted molar refractivity (Wildman–Crippen MR) is 76.2 cm³/mol. The minimum absolute atomic E-state index is 0.169. The zero-order valence-electron chi connectivity index (χ0n) is 10.1. The molecule has 0 N–H and O–H groups in total. The molecule has 1 aromatic heterocycles. The average Bonchev–Trinajstić information content (AvgIpc) is 2.34. The molecule has 0 aliphatic rings. The molecule has 0 saturated carbocycles. The third kappa shape index (κ3) is 2.49. The van der Waals surface area contributed by atoms with E-state index in [-0.39, 0.29) is 10.7 Å². The van der Waals surface area contributed by atoms with Gasteiger partial charge in [0.2, 0.25) is 0 Å². The third-order valence-electron chi connectivity index (χ3n) is 2.91. The standard InChI is InChI=1S/C13H12BrClN2O/c1-8-4-3-5-9(2)10(8)6-17-7-16-12(15)11(14)13(17)18/h3-5,7H,6H2,1-2H3. The van der Waals surface area contributed by atoms with Crippen molar-refractivity contribution in [2.45, 2.75) is 20.4 Å². The van der Waals surface area contributed by atoms with Gasteiger partial charge in [-0.2, -0.15) is 0 Å². The van der Waals surface area contributed by atoms with E-state index in [9.17, 15) is 4.79 Å². The Labute approximate surface area is 119 Å². The van der Waals surface area contributed by atoms with E-state index in [1.54, 1.807) is 4.57 Å². The lowest BCUT2D eigenvalue weighted by Gasteiger charge is -2.11. The molecule has 18 heavy (non-hydrogen) atoms. The van der Waals surface area contributed by atoms with Gasteiger partial charge in [0, 0.05) is 0 Å². The van der Waals surface area contributed by atoms with Crippen molar-refractivity contribution in [1.82, 2.24) is 9.55 Å². The van der Waals surface area contributed by atoms with Crippen LogP contribution in [-0.4, -0.2) is 9.55 Å². The second kappa shape index (κ2) is 5.24. The molecule has 94 valence electrons. The topological polar surface area (TPSA) is 34.9 Å². The highest BCUT2D eigenvalue weighted by Gasteiger charge is 2.09. The summed E-state index contributed by atoms with van der Waals surface area (Å²) in [6.45, 7) is 4.57. The Kier molecular flexibility index (Phi) is 3.88. The molecule has 1 aromatic carbocycles. The largest absolute Gasteiger partial charge is 0.294 e. The van der Waals surface area contributed by atoms with Crippen molar-refractivity contribution in [3.05, 3.63) is 61.2 Å². The lowest BCUT2D eigenvalue weighted by Crippen LogP contribution is -2.22. The van der Waals surface area contributed by atoms with Gasteiger partial charge in [-0.15, -0.1) is 0 Å². The van der Waals surface area contributed by atoms with Gasteiger partial charge in [0.15, 0.2) is 5.15 Å². The van der Waals surface area contributed by atoms with Gasteiger partial charge in [0.1, 0.15) is 4.47 Å². The van der Waals surface area contributed by atoms with Gasteiger partial charge in [0.05, 0.1) is 12.9 Å². The van der Waals surface area contributed by atoms with Crippen LogP contribution in [0.25, 0.3) is 0 Å². The van der Waals surface area contributed by atoms with Gasteiger partial charge in [-0.05, 0) is 46.5 Å². The Bertz CT molecular complexity index is 632. The number of aryl methyl sites for hydroxylation is 2. The quantitative estimate of drug-likeness (QED) is 0.793. The van der Waals surface area contributed by atoms with Gasteiger partial charge in [-0.25, -0.2) is 4.98 Å². The lowest BCUT2D eigenvalue weighted by atomic mass is 10.0. The maximum atomic E-state index is 12.0. The van der Waals surface area contributed by atoms with E-state index < -0.39 is 0 Å². The molecule has 0 fully saturated rings. The minimum Gasteiger partial charge on any atom is -0.294 e. The smallest absolute Gasteiger partial charge is 0.269 e. The van der Waals surface area contributed by atoms with Crippen LogP contribution in [0.1, 0.15) is 16.7 Å². The highest BCUT2D eigenvalue weighted by atomic mass is 79.9. The van der Waals surface area contributed by atoms with Crippen LogP contribution in [-0.2, 0) is 6.54 Å². The molecule has 0 aliphatic heterocycles. The van der Waals surface area contributed by atoms with E-state index in [0.29, 0.717) is 11.0 Å². The zero-order chi connectivity index (χ0) is 13.3. The molecular formula is C13H12BrClN2O. The summed E-state index contributed by atoms with van der Waals surface area (Å²) in [5.74, 6) is 0. The maximum absolute atomic E-state index is 12.0. The number of nitrogens with zero attached hydrogens (tertiary/aromatic N) is 2. The number of hydrogen-bond acceptors (Lipinski definition) is 2. The fraction of sp³-hybridized carbons (Fsp3) is 0.231. The van der Waals surface area contributed by atoms with Crippen molar-refractivity contribution in [3.63, 3.8) is 0 Å². The van der Waals surface area contributed by atoms with Crippen LogP contribution < -0.4 is 5.56 Å². The van der Waals surface area contributed by atoms with Crippen molar-refractivity contribution >= 4 is 27.5 Å². The Balaban J connectivity index is 2.47. The molecule has 0 bridgehead atoms. The molecule has 5 heteroatoms. The van der Waals surface area contributed by atoms with Crippen LogP contribution in [0.5, 0.6) is 0 Å². The SMILES string of the molecule is Cc1cccc(C)c1Cn1cnc(Cl)c(Br)c1=O. The molecule has 3 nitrogen and oxygen atoms in total. The molecule has 0 amide bonds. The van der Waals surface area contributed by atoms with Crippen LogP contribution >= 0.6 is 27.5 Å². The summed E-state index contributed by atoms with van der Waals surface area (Å²) < 4.78 is 1.85. The predicted octanol–water partition coefficient (Wildman–Crippen LogP) is 3.32. The Morgan fingerprint density at radius 3 is 2.56 bits per heavy atom. The highest BCUT2D eigenvalue weighted by molar-refractivity contribution is 9.10. The zero-order valence-corrected chi connectivity index (χ0v) is 12.4. The normalized spacial score (nSPS) is 10.7. The molecule has 0 unspecified atom stereocenters. The molecule has 0 saturated heterocycles. The molecule has 1 heterocycles. The summed E-state index contributed by atoms with van der Waals surface area (Å²) in [4.78, 5) is 16.0. The number of rotatable bonds is 2. The summed E-state index contributed by atoms with van der Waals surface area (Å²) in [6, 6.07) is 6.07. The second-order valence-corrected chi connectivity index (χ2v) is 5.30. The summed E-state index contributed by atoms with van der Waals surface area (Å²) in [5.41, 5.74) is 3.29. The highest BCUT2D eigenvalue weighted by Crippen LogP contribution is 2.16. The van der Waals surface area contributed by atoms with E-state index in [0.717, 1.165) is 16.7 Å². The van der Waals surface area contributed by atoms with Crippen LogP contribution in [0.15, 0.2) is 33.8 Å². The van der Waals surface area contributed by atoms with Gasteiger partial charge >= 0.3 is 0 Å². The van der Waals surface area contributed by atoms with E-state index in [1.807, 2.05) is 32.0 Å². The molecule has 0 atom stereocenters. The molecule has 0 radical (unpaired) electrons. The second-order valence-electron chi connectivity index (χ2n) is 4.15. The summed E-state index contributed by atoms with van der Waals surface area (Å²) in [5, 5.41) is 0.192. The first-order valence-electron chi connectivity index (χ1n) is 5.46. The lowest BCUT2D eigenvalue weighted by molar-refractivity contribution is 0.724. The van der Waals surface area contributed by atoms with Crippen molar-refractivity contribution in [2.24, 2.45) is 0 Å². The number of halogens is 2. The van der Waals surface area contributed by atoms with Crippen molar-refractivity contribution < 1.29 is 0 Å². The van der Waals surface area contributed by atoms with E-state index in [2.05, 4.69) is 20.9 Å². The van der Waals surface area contributed by atoms with Crippen molar-refractivity contribution in [2.75, 3.05) is 0 Å². The molecule has 2 rings (SSSR count). The van der Waals surface area contributed by atoms with Gasteiger partial charge in [-0.1, -0.05) is 29.8 Å². The molecule has 0 aliphatic carbocycles. The molecule has 0 spiro atoms. The monoisotopic (exact) mass is 326 g/mol. The van der Waals surface area contributed by atoms with Crippen molar-refractivity contribution in [3.8, 4) is 0 Å². The molecular weight excluding hydrogens is 316 g/mol. The Hall–Kier alpha value is -1.13. The first-order valence-corrected chi connectivity index (χ1v) is 6.63. The Morgan fingerprint density at radius 2 is 1.94 bits per heavy atom. The van der Waals surface area contributed by atoms with Crippen LogP contribution in [0.4, 0.5) is 0 Å². The fourth-order valence-electron chi connectivity index (χ4n) is 1.83. The van der Waals surface area contributed by atoms with Crippen molar-refractivity contribution in [1.29, 1.82) is 0 Å². The number of aromatic nitrogens is 2. The van der Waals surface area contributed by atoms with E-state index in [4.69, 9.17) is 11.6 Å². The average molecular weight is 328 g/mol. The van der Waals surface area contributed by atoms with Gasteiger partial charge in [0.25, 0.3) is 5.56 Å². The van der Waals surface area contributed by atoms with Crippen LogP contribution in [0, 0.1) is 13.8 Å². The van der Waals surface area contributed by atoms with Gasteiger partial charge < -0.3 is 0 Å². The van der Waals surface area contributed by atoms with Crippen LogP contribution in [0.3, 0.4) is 0 Å². The van der Waals surface area contributed by atoms with Crippen LogP contribution in [0.2, 0.25) is 5.15 Å². The summed E-state index contributed by atoms with van der Waals surface area (Å²) in [6.07, 6.45) is 1.47. The Morgan fingerprint density at radius 1 is 1.33 bits per heavy atom.